The number of hydrogen-bond acceptors (Lipinski definition) is 3. The van der Waals surface area contributed by atoms with Gasteiger partial charge in [0.15, 0.2) is 0 Å². The number of sulfonamides is 1. The molecule has 0 fully saturated rings. The molecule has 0 amide bonds. The third-order valence-corrected chi connectivity index (χ3v) is 4.82. The van der Waals surface area contributed by atoms with Crippen molar-refractivity contribution in [2.75, 3.05) is 12.3 Å². The number of nitrogens with zero attached hydrogens (tertiary/aromatic N) is 2. The molecule has 6 heteroatoms. The van der Waals surface area contributed by atoms with Crippen molar-refractivity contribution in [3.63, 3.8) is 0 Å². The van der Waals surface area contributed by atoms with Gasteiger partial charge in [-0.3, -0.25) is 5.10 Å². The lowest BCUT2D eigenvalue weighted by Crippen LogP contribution is -2.38. The molecule has 0 saturated carbocycles. The van der Waals surface area contributed by atoms with Gasteiger partial charge >= 0.3 is 0 Å². The van der Waals surface area contributed by atoms with Crippen molar-refractivity contribution in [3.05, 3.63) is 17.5 Å². The van der Waals surface area contributed by atoms with Gasteiger partial charge in [-0.2, -0.15) is 9.40 Å². The topological polar surface area (TPSA) is 66.1 Å². The zero-order valence-corrected chi connectivity index (χ0v) is 10.3. The molecule has 89 valence electrons. The van der Waals surface area contributed by atoms with Crippen LogP contribution in [0.2, 0.25) is 0 Å². The van der Waals surface area contributed by atoms with E-state index in [9.17, 15) is 8.42 Å². The molecule has 0 aliphatic carbocycles. The van der Waals surface area contributed by atoms with Gasteiger partial charge < -0.3 is 0 Å². The van der Waals surface area contributed by atoms with Crippen molar-refractivity contribution in [1.29, 1.82) is 0 Å². The molecule has 1 N–H and O–H groups in total. The van der Waals surface area contributed by atoms with Crippen LogP contribution in [0.5, 0.6) is 0 Å². The maximum Gasteiger partial charge on any atom is 0.214 e. The van der Waals surface area contributed by atoms with Gasteiger partial charge in [0.25, 0.3) is 0 Å². The second-order valence-electron chi connectivity index (χ2n) is 4.55. The standard InChI is InChI=1S/C10H16N3O2S/c1-8(2)7-16(14,15)13-4-3-9-5-11-12-10(9)6-13/h8H,3-4,6-7H2,1-2H3,(H,11,12). The molecule has 0 unspecified atom stereocenters. The first kappa shape index (κ1) is 11.6. The molecule has 1 aromatic heterocycles. The molecule has 2 heterocycles. The summed E-state index contributed by atoms with van der Waals surface area (Å²) in [4.78, 5) is 0. The number of fused-ring (bicyclic) bond motifs is 1. The van der Waals surface area contributed by atoms with E-state index in [1.807, 2.05) is 13.8 Å². The first-order valence-corrected chi connectivity index (χ1v) is 7.01. The van der Waals surface area contributed by atoms with E-state index in [0.29, 0.717) is 19.5 Å². The van der Waals surface area contributed by atoms with Crippen LogP contribution in [0, 0.1) is 12.1 Å². The summed E-state index contributed by atoms with van der Waals surface area (Å²) in [7, 11) is -3.13. The Morgan fingerprint density at radius 3 is 3.00 bits per heavy atom. The maximum atomic E-state index is 12.0. The van der Waals surface area contributed by atoms with E-state index in [2.05, 4.69) is 16.4 Å². The van der Waals surface area contributed by atoms with Crippen molar-refractivity contribution in [1.82, 2.24) is 14.5 Å². The van der Waals surface area contributed by atoms with E-state index in [1.54, 1.807) is 0 Å². The molecule has 0 bridgehead atoms. The predicted molar refractivity (Wildman–Crippen MR) is 60.2 cm³/mol. The van der Waals surface area contributed by atoms with Crippen LogP contribution in [0.25, 0.3) is 0 Å². The molecular formula is C10H16N3O2S. The molecule has 1 aliphatic heterocycles. The van der Waals surface area contributed by atoms with E-state index in [1.165, 1.54) is 4.31 Å². The third kappa shape index (κ3) is 2.27. The highest BCUT2D eigenvalue weighted by Crippen LogP contribution is 2.19. The van der Waals surface area contributed by atoms with E-state index in [0.717, 1.165) is 11.3 Å². The summed E-state index contributed by atoms with van der Waals surface area (Å²) < 4.78 is 25.5. The summed E-state index contributed by atoms with van der Waals surface area (Å²) in [5.74, 6) is 0.361. The molecule has 0 atom stereocenters. The zero-order valence-electron chi connectivity index (χ0n) is 9.52. The molecular weight excluding hydrogens is 226 g/mol. The fraction of sp³-hybridized carbons (Fsp3) is 0.700. The number of rotatable bonds is 3. The third-order valence-electron chi connectivity index (χ3n) is 2.63. The summed E-state index contributed by atoms with van der Waals surface area (Å²) in [5.41, 5.74) is 1.88. The van der Waals surface area contributed by atoms with Gasteiger partial charge in [0.05, 0.1) is 18.0 Å². The summed E-state index contributed by atoms with van der Waals surface area (Å²) in [6.07, 6.45) is 3.54. The number of H-pyrrole nitrogens is 1. The fourth-order valence-corrected chi connectivity index (χ4v) is 3.64. The quantitative estimate of drug-likeness (QED) is 0.842. The highest BCUT2D eigenvalue weighted by molar-refractivity contribution is 7.89. The largest absolute Gasteiger partial charge is 0.280 e. The normalized spacial score (nSPS) is 17.7. The minimum absolute atomic E-state index is 0.153. The summed E-state index contributed by atoms with van der Waals surface area (Å²) >= 11 is 0. The summed E-state index contributed by atoms with van der Waals surface area (Å²) in [6, 6.07) is 0. The molecule has 5 nitrogen and oxygen atoms in total. The monoisotopic (exact) mass is 242 g/mol. The van der Waals surface area contributed by atoms with Gasteiger partial charge in [0, 0.05) is 12.1 Å². The number of nitrogens with one attached hydrogen (secondary N) is 1. The van der Waals surface area contributed by atoms with Crippen LogP contribution in [-0.4, -0.2) is 35.2 Å². The first-order valence-electron chi connectivity index (χ1n) is 5.40. The van der Waals surface area contributed by atoms with E-state index >= 15 is 0 Å². The Labute approximate surface area is 95.9 Å². The van der Waals surface area contributed by atoms with Gasteiger partial charge in [-0.25, -0.2) is 8.42 Å². The van der Waals surface area contributed by atoms with Crippen LogP contribution in [0.1, 0.15) is 25.1 Å². The number of hydrogen-bond donors (Lipinski definition) is 1. The Balaban J connectivity index is 2.14. The van der Waals surface area contributed by atoms with Gasteiger partial charge in [-0.1, -0.05) is 13.8 Å². The molecule has 1 aliphatic rings. The molecule has 16 heavy (non-hydrogen) atoms. The summed E-state index contributed by atoms with van der Waals surface area (Å²) in [6.45, 7) is 4.77. The Kier molecular flexibility index (Phi) is 3.03. The highest BCUT2D eigenvalue weighted by atomic mass is 32.2. The maximum absolute atomic E-state index is 12.0. The average Bonchev–Trinajstić information content (AvgIpc) is 2.61. The molecule has 0 spiro atoms. The van der Waals surface area contributed by atoms with Crippen LogP contribution in [0.4, 0.5) is 0 Å². The van der Waals surface area contributed by atoms with Crippen molar-refractivity contribution in [2.24, 2.45) is 5.92 Å². The second kappa shape index (κ2) is 4.18. The Morgan fingerprint density at radius 1 is 1.56 bits per heavy atom. The lowest BCUT2D eigenvalue weighted by molar-refractivity contribution is 0.384. The van der Waals surface area contributed by atoms with Crippen molar-refractivity contribution < 1.29 is 8.42 Å². The average molecular weight is 242 g/mol. The zero-order chi connectivity index (χ0) is 11.8. The fourth-order valence-electron chi connectivity index (χ4n) is 1.89. The Morgan fingerprint density at radius 2 is 2.31 bits per heavy atom. The van der Waals surface area contributed by atoms with Crippen LogP contribution in [-0.2, 0) is 23.0 Å². The van der Waals surface area contributed by atoms with Crippen molar-refractivity contribution >= 4 is 10.0 Å². The van der Waals surface area contributed by atoms with Crippen LogP contribution >= 0.6 is 0 Å². The minimum atomic E-state index is -3.13. The van der Waals surface area contributed by atoms with E-state index in [-0.39, 0.29) is 11.7 Å². The number of aromatic amines is 1. The van der Waals surface area contributed by atoms with Gasteiger partial charge in [-0.15, -0.1) is 0 Å². The Hall–Kier alpha value is -0.880. The SMILES string of the molecule is CC(C)CS(=O)(=O)N1CCc2[c]n[nH]c2C1. The molecule has 0 aromatic carbocycles. The molecule has 2 rings (SSSR count). The van der Waals surface area contributed by atoms with Crippen LogP contribution < -0.4 is 0 Å². The highest BCUT2D eigenvalue weighted by Gasteiger charge is 2.28. The molecule has 0 saturated heterocycles. The van der Waals surface area contributed by atoms with E-state index in [4.69, 9.17) is 0 Å². The minimum Gasteiger partial charge on any atom is -0.280 e. The van der Waals surface area contributed by atoms with Gasteiger partial charge in [0.2, 0.25) is 10.0 Å². The van der Waals surface area contributed by atoms with E-state index < -0.39 is 10.0 Å². The lowest BCUT2D eigenvalue weighted by atomic mass is 10.1. The van der Waals surface area contributed by atoms with Gasteiger partial charge in [-0.05, 0) is 12.3 Å². The molecule has 1 aromatic rings. The molecule has 1 radical (unpaired) electrons. The second-order valence-corrected chi connectivity index (χ2v) is 6.56. The lowest BCUT2D eigenvalue weighted by Gasteiger charge is -2.26. The van der Waals surface area contributed by atoms with Crippen LogP contribution in [0.15, 0.2) is 0 Å². The smallest absolute Gasteiger partial charge is 0.214 e. The first-order chi connectivity index (χ1) is 7.49. The Bertz CT molecular complexity index is 464. The summed E-state index contributed by atoms with van der Waals surface area (Å²) in [5, 5.41) is 6.61. The number of aromatic nitrogens is 2. The van der Waals surface area contributed by atoms with Crippen LogP contribution in [0.3, 0.4) is 0 Å². The van der Waals surface area contributed by atoms with Crippen molar-refractivity contribution in [2.45, 2.75) is 26.8 Å². The van der Waals surface area contributed by atoms with Gasteiger partial charge in [0.1, 0.15) is 6.20 Å². The van der Waals surface area contributed by atoms with Crippen molar-refractivity contribution in [3.8, 4) is 0 Å². The predicted octanol–water partition coefficient (Wildman–Crippen LogP) is 0.554.